The van der Waals surface area contributed by atoms with Gasteiger partial charge in [-0.2, -0.15) is 0 Å². The molecule has 1 heteroatoms. The third-order valence-corrected chi connectivity index (χ3v) is 6.77. The fourth-order valence-electron chi connectivity index (χ4n) is 5.12. The van der Waals surface area contributed by atoms with Crippen LogP contribution in [0.2, 0.25) is 5.02 Å². The first-order valence-corrected chi connectivity index (χ1v) is 11.1. The van der Waals surface area contributed by atoms with Crippen LogP contribution in [0.15, 0.2) is 109 Å². The van der Waals surface area contributed by atoms with Gasteiger partial charge in [-0.05, 0) is 74.3 Å². The van der Waals surface area contributed by atoms with E-state index in [0.717, 1.165) is 11.4 Å². The predicted octanol–water partition coefficient (Wildman–Crippen LogP) is 8.52. The minimum Gasteiger partial charge on any atom is -0.0843 e. The first-order chi connectivity index (χ1) is 15.3. The van der Waals surface area contributed by atoms with Crippen molar-refractivity contribution in [3.63, 3.8) is 0 Å². The monoisotopic (exact) mass is 416 g/mol. The van der Waals surface area contributed by atoms with Gasteiger partial charge in [-0.15, -0.1) is 0 Å². The van der Waals surface area contributed by atoms with Crippen LogP contribution in [0.1, 0.15) is 22.6 Å². The van der Waals surface area contributed by atoms with E-state index in [4.69, 9.17) is 11.6 Å². The summed E-state index contributed by atoms with van der Waals surface area (Å²) in [6.07, 6.45) is 0.974. The Morgan fingerprint density at radius 2 is 1.26 bits per heavy atom. The molecule has 5 aromatic rings. The van der Waals surface area contributed by atoms with Gasteiger partial charge in [0.15, 0.2) is 0 Å². The van der Waals surface area contributed by atoms with Crippen molar-refractivity contribution in [1.82, 2.24) is 0 Å². The van der Waals surface area contributed by atoms with Crippen molar-refractivity contribution in [1.29, 1.82) is 0 Å². The highest BCUT2D eigenvalue weighted by molar-refractivity contribution is 6.30. The Morgan fingerprint density at radius 3 is 2.03 bits per heavy atom. The topological polar surface area (TPSA) is 0 Å². The molecule has 0 N–H and O–H groups in total. The molecular weight excluding hydrogens is 396 g/mol. The average molecular weight is 417 g/mol. The molecule has 1 aliphatic rings. The smallest absolute Gasteiger partial charge is 0.0409 e. The van der Waals surface area contributed by atoms with E-state index in [2.05, 4.69) is 103 Å². The summed E-state index contributed by atoms with van der Waals surface area (Å²) >= 11 is 6.48. The average Bonchev–Trinajstić information content (AvgIpc) is 2.84. The number of rotatable bonds is 2. The molecule has 1 unspecified atom stereocenters. The molecule has 0 saturated heterocycles. The Kier molecular flexibility index (Phi) is 4.40. The molecule has 0 spiro atoms. The van der Waals surface area contributed by atoms with Crippen LogP contribution in [0.5, 0.6) is 0 Å². The number of halogens is 1. The first-order valence-electron chi connectivity index (χ1n) is 10.7. The van der Waals surface area contributed by atoms with Crippen LogP contribution in [-0.2, 0) is 6.42 Å². The van der Waals surface area contributed by atoms with Gasteiger partial charge in [0.1, 0.15) is 0 Å². The minimum absolute atomic E-state index is 0.299. The van der Waals surface area contributed by atoms with Crippen LogP contribution < -0.4 is 0 Å². The van der Waals surface area contributed by atoms with E-state index < -0.39 is 0 Å². The Labute approximate surface area is 187 Å². The lowest BCUT2D eigenvalue weighted by molar-refractivity contribution is 0.799. The van der Waals surface area contributed by atoms with E-state index in [1.807, 2.05) is 6.07 Å². The van der Waals surface area contributed by atoms with Gasteiger partial charge in [-0.3, -0.25) is 0 Å². The largest absolute Gasteiger partial charge is 0.0843 e. The van der Waals surface area contributed by atoms with Crippen molar-refractivity contribution < 1.29 is 0 Å². The van der Waals surface area contributed by atoms with E-state index >= 15 is 0 Å². The molecule has 0 nitrogen and oxygen atoms in total. The van der Waals surface area contributed by atoms with Gasteiger partial charge < -0.3 is 0 Å². The van der Waals surface area contributed by atoms with Crippen LogP contribution in [0.4, 0.5) is 0 Å². The summed E-state index contributed by atoms with van der Waals surface area (Å²) in [4.78, 5) is 0. The van der Waals surface area contributed by atoms with E-state index in [-0.39, 0.29) is 0 Å². The molecule has 31 heavy (non-hydrogen) atoms. The molecule has 0 amide bonds. The lowest BCUT2D eigenvalue weighted by atomic mass is 9.73. The van der Waals surface area contributed by atoms with Crippen molar-refractivity contribution in [3.05, 3.63) is 131 Å². The van der Waals surface area contributed by atoms with Crippen molar-refractivity contribution in [2.75, 3.05) is 0 Å². The van der Waals surface area contributed by atoms with Crippen molar-refractivity contribution in [2.45, 2.75) is 12.3 Å². The molecule has 0 aliphatic heterocycles. The molecule has 5 aromatic carbocycles. The summed E-state index contributed by atoms with van der Waals surface area (Å²) in [6, 6.07) is 39.1. The normalized spacial score (nSPS) is 14.8. The molecule has 6 rings (SSSR count). The molecular formula is C30H21Cl. The van der Waals surface area contributed by atoms with Gasteiger partial charge in [0, 0.05) is 10.9 Å². The SMILES string of the molecule is Clc1ccc2c(c1)C(c1ccccc1)Cc1c-2cc(-c2ccccc2)c2ccccc12. The number of benzene rings is 5. The summed E-state index contributed by atoms with van der Waals surface area (Å²) in [5.41, 5.74) is 9.25. The van der Waals surface area contributed by atoms with E-state index in [1.54, 1.807) is 0 Å². The van der Waals surface area contributed by atoms with Crippen molar-refractivity contribution in [3.8, 4) is 22.3 Å². The summed E-state index contributed by atoms with van der Waals surface area (Å²) in [7, 11) is 0. The van der Waals surface area contributed by atoms with Crippen LogP contribution in [0, 0.1) is 0 Å². The summed E-state index contributed by atoms with van der Waals surface area (Å²) < 4.78 is 0. The van der Waals surface area contributed by atoms with E-state index in [0.29, 0.717) is 5.92 Å². The summed E-state index contributed by atoms with van der Waals surface area (Å²) in [5.74, 6) is 0.299. The Bertz CT molecular complexity index is 1400. The molecule has 0 radical (unpaired) electrons. The third-order valence-electron chi connectivity index (χ3n) is 6.53. The third kappa shape index (κ3) is 3.07. The summed E-state index contributed by atoms with van der Waals surface area (Å²) in [6.45, 7) is 0. The maximum absolute atomic E-state index is 6.48. The molecule has 0 bridgehead atoms. The number of fused-ring (bicyclic) bond motifs is 5. The van der Waals surface area contributed by atoms with Gasteiger partial charge in [0.2, 0.25) is 0 Å². The summed E-state index contributed by atoms with van der Waals surface area (Å²) in [5, 5.41) is 3.46. The highest BCUT2D eigenvalue weighted by Gasteiger charge is 2.28. The Morgan fingerprint density at radius 1 is 0.581 bits per heavy atom. The quantitative estimate of drug-likeness (QED) is 0.270. The second kappa shape index (κ2) is 7.41. The van der Waals surface area contributed by atoms with Gasteiger partial charge in [0.05, 0.1) is 0 Å². The van der Waals surface area contributed by atoms with E-state index in [9.17, 15) is 0 Å². The van der Waals surface area contributed by atoms with Crippen LogP contribution in [0.3, 0.4) is 0 Å². The van der Waals surface area contributed by atoms with E-state index in [1.165, 1.54) is 49.7 Å². The number of hydrogen-bond donors (Lipinski definition) is 0. The highest BCUT2D eigenvalue weighted by Crippen LogP contribution is 2.48. The fourth-order valence-corrected chi connectivity index (χ4v) is 5.30. The van der Waals surface area contributed by atoms with Crippen molar-refractivity contribution in [2.24, 2.45) is 0 Å². The molecule has 1 aliphatic carbocycles. The number of hydrogen-bond acceptors (Lipinski definition) is 0. The Hall–Kier alpha value is -3.35. The first kappa shape index (κ1) is 18.4. The molecule has 0 heterocycles. The highest BCUT2D eigenvalue weighted by atomic mass is 35.5. The molecule has 0 fully saturated rings. The minimum atomic E-state index is 0.299. The van der Waals surface area contributed by atoms with Gasteiger partial charge >= 0.3 is 0 Å². The standard InChI is InChI=1S/C30H21Cl/c31-22-15-16-25-28(17-22)27(21-11-5-2-6-12-21)19-29-24-14-8-7-13-23(24)26(18-30(25)29)20-9-3-1-4-10-20/h1-18,27H,19H2. The molecule has 0 saturated carbocycles. The maximum atomic E-state index is 6.48. The zero-order valence-electron chi connectivity index (χ0n) is 17.1. The maximum Gasteiger partial charge on any atom is 0.0409 e. The van der Waals surface area contributed by atoms with Gasteiger partial charge in [-0.1, -0.05) is 103 Å². The Balaban J connectivity index is 1.67. The predicted molar refractivity (Wildman–Crippen MR) is 132 cm³/mol. The second-order valence-electron chi connectivity index (χ2n) is 8.26. The van der Waals surface area contributed by atoms with Crippen LogP contribution in [0.25, 0.3) is 33.0 Å². The van der Waals surface area contributed by atoms with Crippen LogP contribution in [-0.4, -0.2) is 0 Å². The van der Waals surface area contributed by atoms with Crippen LogP contribution >= 0.6 is 11.6 Å². The lowest BCUT2D eigenvalue weighted by Crippen LogP contribution is -2.13. The fraction of sp³-hybridized carbons (Fsp3) is 0.0667. The molecule has 0 aromatic heterocycles. The molecule has 148 valence electrons. The van der Waals surface area contributed by atoms with Gasteiger partial charge in [-0.25, -0.2) is 0 Å². The zero-order chi connectivity index (χ0) is 20.8. The zero-order valence-corrected chi connectivity index (χ0v) is 17.8. The molecule has 1 atom stereocenters. The lowest BCUT2D eigenvalue weighted by Gasteiger charge is -2.30. The van der Waals surface area contributed by atoms with Gasteiger partial charge in [0.25, 0.3) is 0 Å². The second-order valence-corrected chi connectivity index (χ2v) is 8.70. The van der Waals surface area contributed by atoms with Crippen molar-refractivity contribution >= 4 is 22.4 Å².